The predicted molar refractivity (Wildman–Crippen MR) is 72.1 cm³/mol. The molecule has 4 nitrogen and oxygen atoms in total. The van der Waals surface area contributed by atoms with Crippen LogP contribution in [0.25, 0.3) is 0 Å². The minimum Gasteiger partial charge on any atom is -0.496 e. The molecule has 0 radical (unpaired) electrons. The molecule has 0 saturated heterocycles. The second-order valence-corrected chi connectivity index (χ2v) is 4.25. The molecule has 0 heterocycles. The van der Waals surface area contributed by atoms with Gasteiger partial charge in [0.05, 0.1) is 19.8 Å². The Morgan fingerprint density at radius 2 is 2.00 bits per heavy atom. The first-order valence-electron chi connectivity index (χ1n) is 6.07. The number of aryl methyl sites for hydroxylation is 1. The Morgan fingerprint density at radius 3 is 2.56 bits per heavy atom. The first-order valence-corrected chi connectivity index (χ1v) is 6.07. The fourth-order valence-electron chi connectivity index (χ4n) is 1.82. The molecule has 1 atom stereocenters. The van der Waals surface area contributed by atoms with Crippen LogP contribution in [-0.4, -0.2) is 40.6 Å². The maximum absolute atomic E-state index is 5.28. The Bertz CT molecular complexity index is 355. The highest BCUT2D eigenvalue weighted by Crippen LogP contribution is 2.18. The molecule has 0 aliphatic rings. The van der Waals surface area contributed by atoms with Gasteiger partial charge in [-0.3, -0.25) is 0 Å². The van der Waals surface area contributed by atoms with Crippen LogP contribution in [0.3, 0.4) is 0 Å². The van der Waals surface area contributed by atoms with E-state index in [1.54, 1.807) is 21.3 Å². The number of nitrogens with one attached hydrogen (secondary N) is 1. The van der Waals surface area contributed by atoms with Gasteiger partial charge in [-0.25, -0.2) is 0 Å². The van der Waals surface area contributed by atoms with Gasteiger partial charge in [0.1, 0.15) is 5.75 Å². The van der Waals surface area contributed by atoms with Gasteiger partial charge in [0.2, 0.25) is 0 Å². The summed E-state index contributed by atoms with van der Waals surface area (Å²) in [7, 11) is 5.07. The molecular formula is C14H23NO3. The Hall–Kier alpha value is -1.10. The molecule has 0 spiro atoms. The van der Waals surface area contributed by atoms with Crippen molar-refractivity contribution in [2.24, 2.45) is 0 Å². The number of hydrogen-bond donors (Lipinski definition) is 1. The van der Waals surface area contributed by atoms with Crippen LogP contribution in [0.2, 0.25) is 0 Å². The molecule has 18 heavy (non-hydrogen) atoms. The number of hydrogen-bond acceptors (Lipinski definition) is 4. The predicted octanol–water partition coefficient (Wildman–Crippen LogP) is 1.75. The van der Waals surface area contributed by atoms with E-state index in [4.69, 9.17) is 14.2 Å². The lowest BCUT2D eigenvalue weighted by molar-refractivity contribution is 0.0288. The van der Waals surface area contributed by atoms with E-state index >= 15 is 0 Å². The fourth-order valence-corrected chi connectivity index (χ4v) is 1.82. The first-order chi connectivity index (χ1) is 8.71. The Labute approximate surface area is 109 Å². The summed E-state index contributed by atoms with van der Waals surface area (Å²) in [4.78, 5) is 0. The van der Waals surface area contributed by atoms with Crippen LogP contribution >= 0.6 is 0 Å². The third-order valence-corrected chi connectivity index (χ3v) is 2.85. The minimum absolute atomic E-state index is 0.0920. The summed E-state index contributed by atoms with van der Waals surface area (Å²) < 4.78 is 15.6. The average molecular weight is 253 g/mol. The summed E-state index contributed by atoms with van der Waals surface area (Å²) in [6, 6.07) is 6.19. The van der Waals surface area contributed by atoms with Crippen molar-refractivity contribution in [3.05, 3.63) is 29.3 Å². The van der Waals surface area contributed by atoms with Gasteiger partial charge in [0.25, 0.3) is 0 Å². The van der Waals surface area contributed by atoms with Gasteiger partial charge >= 0.3 is 0 Å². The zero-order valence-corrected chi connectivity index (χ0v) is 11.7. The lowest BCUT2D eigenvalue weighted by Gasteiger charge is -2.15. The van der Waals surface area contributed by atoms with Gasteiger partial charge in [-0.15, -0.1) is 0 Å². The van der Waals surface area contributed by atoms with Crippen molar-refractivity contribution < 1.29 is 14.2 Å². The van der Waals surface area contributed by atoms with Crippen LogP contribution in [0, 0.1) is 6.92 Å². The Morgan fingerprint density at radius 1 is 1.22 bits per heavy atom. The van der Waals surface area contributed by atoms with Gasteiger partial charge in [0.15, 0.2) is 0 Å². The zero-order valence-electron chi connectivity index (χ0n) is 11.7. The van der Waals surface area contributed by atoms with Crippen molar-refractivity contribution in [3.63, 3.8) is 0 Å². The highest BCUT2D eigenvalue weighted by Gasteiger charge is 2.06. The second kappa shape index (κ2) is 8.08. The van der Waals surface area contributed by atoms with Crippen LogP contribution < -0.4 is 10.1 Å². The first kappa shape index (κ1) is 15.0. The highest BCUT2D eigenvalue weighted by atomic mass is 16.5. The van der Waals surface area contributed by atoms with E-state index in [1.807, 2.05) is 13.0 Å². The maximum Gasteiger partial charge on any atom is 0.121 e. The van der Waals surface area contributed by atoms with Crippen molar-refractivity contribution in [1.82, 2.24) is 5.32 Å². The summed E-state index contributed by atoms with van der Waals surface area (Å²) in [5.41, 5.74) is 2.39. The number of benzene rings is 1. The summed E-state index contributed by atoms with van der Waals surface area (Å²) in [5.74, 6) is 0.924. The van der Waals surface area contributed by atoms with Crippen LogP contribution in [-0.2, 0) is 16.0 Å². The van der Waals surface area contributed by atoms with Gasteiger partial charge in [0, 0.05) is 27.3 Å². The molecule has 0 aliphatic heterocycles. The molecule has 0 amide bonds. The molecule has 4 heteroatoms. The van der Waals surface area contributed by atoms with Gasteiger partial charge in [-0.2, -0.15) is 0 Å². The summed E-state index contributed by atoms with van der Waals surface area (Å²) in [6.07, 6.45) is 0.0920. The topological polar surface area (TPSA) is 39.7 Å². The molecule has 0 saturated carbocycles. The molecule has 0 aromatic heterocycles. The van der Waals surface area contributed by atoms with Crippen LogP contribution in [0.5, 0.6) is 5.75 Å². The van der Waals surface area contributed by atoms with E-state index in [-0.39, 0.29) is 6.10 Å². The lowest BCUT2D eigenvalue weighted by atomic mass is 10.1. The molecule has 0 aliphatic carbocycles. The molecule has 0 bridgehead atoms. The van der Waals surface area contributed by atoms with Crippen molar-refractivity contribution in [2.45, 2.75) is 19.6 Å². The van der Waals surface area contributed by atoms with Crippen molar-refractivity contribution in [2.75, 3.05) is 34.5 Å². The molecule has 1 N–H and O–H groups in total. The zero-order chi connectivity index (χ0) is 13.4. The van der Waals surface area contributed by atoms with Gasteiger partial charge < -0.3 is 19.5 Å². The van der Waals surface area contributed by atoms with E-state index in [1.165, 1.54) is 5.56 Å². The SMILES string of the molecule is COCC(CNCc1ccc(OC)c(C)c1)OC. The molecule has 0 fully saturated rings. The number of ether oxygens (including phenoxy) is 3. The standard InChI is InChI=1S/C14H23NO3/c1-11-7-12(5-6-14(11)18-4)8-15-9-13(17-3)10-16-2/h5-7,13,15H,8-10H2,1-4H3. The molecule has 102 valence electrons. The average Bonchev–Trinajstić information content (AvgIpc) is 2.38. The quantitative estimate of drug-likeness (QED) is 0.766. The van der Waals surface area contributed by atoms with E-state index in [9.17, 15) is 0 Å². The minimum atomic E-state index is 0.0920. The van der Waals surface area contributed by atoms with E-state index in [0.29, 0.717) is 6.61 Å². The van der Waals surface area contributed by atoms with Gasteiger partial charge in [-0.05, 0) is 24.1 Å². The smallest absolute Gasteiger partial charge is 0.121 e. The fraction of sp³-hybridized carbons (Fsp3) is 0.571. The summed E-state index contributed by atoms with van der Waals surface area (Å²) >= 11 is 0. The molecule has 1 aromatic carbocycles. The maximum atomic E-state index is 5.28. The van der Waals surface area contributed by atoms with Crippen molar-refractivity contribution in [3.8, 4) is 5.75 Å². The second-order valence-electron chi connectivity index (χ2n) is 4.25. The number of rotatable bonds is 8. The summed E-state index contributed by atoms with van der Waals surface area (Å²) in [5, 5.41) is 3.36. The molecule has 1 unspecified atom stereocenters. The van der Waals surface area contributed by atoms with Crippen molar-refractivity contribution >= 4 is 0 Å². The molecular weight excluding hydrogens is 230 g/mol. The Kier molecular flexibility index (Phi) is 6.72. The third kappa shape index (κ3) is 4.64. The number of methoxy groups -OCH3 is 3. The lowest BCUT2D eigenvalue weighted by Crippen LogP contribution is -2.31. The third-order valence-electron chi connectivity index (χ3n) is 2.85. The van der Waals surface area contributed by atoms with Crippen LogP contribution in [0.15, 0.2) is 18.2 Å². The largest absolute Gasteiger partial charge is 0.496 e. The van der Waals surface area contributed by atoms with E-state index in [2.05, 4.69) is 17.4 Å². The Balaban J connectivity index is 2.41. The monoisotopic (exact) mass is 253 g/mol. The highest BCUT2D eigenvalue weighted by molar-refractivity contribution is 5.36. The molecule has 1 rings (SSSR count). The van der Waals surface area contributed by atoms with Crippen LogP contribution in [0.4, 0.5) is 0 Å². The summed E-state index contributed by atoms with van der Waals surface area (Å²) in [6.45, 7) is 4.24. The van der Waals surface area contributed by atoms with E-state index < -0.39 is 0 Å². The normalized spacial score (nSPS) is 12.4. The van der Waals surface area contributed by atoms with E-state index in [0.717, 1.165) is 24.4 Å². The van der Waals surface area contributed by atoms with Crippen molar-refractivity contribution in [1.29, 1.82) is 0 Å². The van der Waals surface area contributed by atoms with Gasteiger partial charge in [-0.1, -0.05) is 12.1 Å². The molecule has 1 aromatic rings. The van der Waals surface area contributed by atoms with Crippen LogP contribution in [0.1, 0.15) is 11.1 Å².